The van der Waals surface area contributed by atoms with Crippen molar-refractivity contribution in [2.75, 3.05) is 4.90 Å². The van der Waals surface area contributed by atoms with Gasteiger partial charge >= 0.3 is 0 Å². The fraction of sp³-hybridized carbons (Fsp3) is 0.269. The number of Topliss-reactive ketones (excluding diaryl/α,β-unsaturated/α-hetero) is 2. The van der Waals surface area contributed by atoms with Gasteiger partial charge in [0.15, 0.2) is 11.2 Å². The van der Waals surface area contributed by atoms with E-state index in [0.717, 1.165) is 5.56 Å². The Morgan fingerprint density at radius 2 is 1.85 bits per heavy atom. The van der Waals surface area contributed by atoms with E-state index in [4.69, 9.17) is 4.42 Å². The Kier molecular flexibility index (Phi) is 4.79. The van der Waals surface area contributed by atoms with Crippen LogP contribution in [0.3, 0.4) is 0 Å². The summed E-state index contributed by atoms with van der Waals surface area (Å²) in [7, 11) is 0. The van der Waals surface area contributed by atoms with Gasteiger partial charge in [0.1, 0.15) is 17.8 Å². The smallest absolute Gasteiger partial charge is 0.295 e. The van der Waals surface area contributed by atoms with Crippen LogP contribution in [0.5, 0.6) is 0 Å². The summed E-state index contributed by atoms with van der Waals surface area (Å²) in [6, 6.07) is 9.13. The molecule has 2 aromatic carbocycles. The number of carbonyl (C=O) groups excluding carboxylic acids is 3. The number of hydrogen-bond acceptors (Lipinski definition) is 6. The van der Waals surface area contributed by atoms with Gasteiger partial charge in [-0.1, -0.05) is 32.4 Å². The maximum atomic E-state index is 13.6. The van der Waals surface area contributed by atoms with Crippen molar-refractivity contribution in [1.82, 2.24) is 9.97 Å². The van der Waals surface area contributed by atoms with Gasteiger partial charge in [-0.15, -0.1) is 0 Å². The Morgan fingerprint density at radius 1 is 1.09 bits per heavy atom. The standard InChI is InChI=1S/C26H23N3O5/c1-13-5-8-19-15(9-13)22(30)16(11-34-19)21-20(24(32)26(2,3)4)23(31)25(33)29(21)14-6-7-17-18(10-14)28-12-27-17/h5-12,20-21H,1-4H3,(H,27,28). The molecule has 1 aliphatic rings. The van der Waals surface area contributed by atoms with E-state index >= 15 is 0 Å². The Morgan fingerprint density at radius 3 is 2.59 bits per heavy atom. The number of carbonyl (C=O) groups is 3. The summed E-state index contributed by atoms with van der Waals surface area (Å²) in [6.45, 7) is 6.92. The molecule has 0 radical (unpaired) electrons. The Hall–Kier alpha value is -4.07. The third kappa shape index (κ3) is 3.25. The summed E-state index contributed by atoms with van der Waals surface area (Å²) < 4.78 is 5.74. The van der Waals surface area contributed by atoms with Gasteiger partial charge in [-0.25, -0.2) is 4.98 Å². The van der Waals surface area contributed by atoms with Crippen LogP contribution in [-0.2, 0) is 14.4 Å². The Bertz CT molecular complexity index is 1560. The van der Waals surface area contributed by atoms with Crippen molar-refractivity contribution in [3.63, 3.8) is 0 Å². The number of benzene rings is 2. The second-order valence-corrected chi connectivity index (χ2v) is 9.70. The van der Waals surface area contributed by atoms with Crippen molar-refractivity contribution in [3.8, 4) is 0 Å². The summed E-state index contributed by atoms with van der Waals surface area (Å²) in [4.78, 5) is 62.0. The van der Waals surface area contributed by atoms with E-state index in [2.05, 4.69) is 9.97 Å². The van der Waals surface area contributed by atoms with Crippen LogP contribution in [0.25, 0.3) is 22.0 Å². The Balaban J connectivity index is 1.77. The fourth-order valence-electron chi connectivity index (χ4n) is 4.53. The van der Waals surface area contributed by atoms with Crippen molar-refractivity contribution >= 4 is 45.2 Å². The van der Waals surface area contributed by atoms with Crippen LogP contribution < -0.4 is 10.3 Å². The number of amides is 1. The van der Waals surface area contributed by atoms with E-state index < -0.39 is 34.8 Å². The van der Waals surface area contributed by atoms with Gasteiger partial charge in [0.05, 0.1) is 34.4 Å². The number of nitrogens with zero attached hydrogens (tertiary/aromatic N) is 2. The van der Waals surface area contributed by atoms with E-state index in [0.29, 0.717) is 27.7 Å². The lowest BCUT2D eigenvalue weighted by Crippen LogP contribution is -2.37. The maximum absolute atomic E-state index is 13.6. The van der Waals surface area contributed by atoms with Gasteiger partial charge in [0.25, 0.3) is 5.91 Å². The summed E-state index contributed by atoms with van der Waals surface area (Å²) in [5.74, 6) is -3.42. The number of anilines is 1. The van der Waals surface area contributed by atoms with Crippen molar-refractivity contribution < 1.29 is 18.8 Å². The van der Waals surface area contributed by atoms with Crippen LogP contribution in [0, 0.1) is 18.3 Å². The molecular weight excluding hydrogens is 434 g/mol. The summed E-state index contributed by atoms with van der Waals surface area (Å²) >= 11 is 0. The van der Waals surface area contributed by atoms with Crippen molar-refractivity contribution in [2.45, 2.75) is 33.7 Å². The highest BCUT2D eigenvalue weighted by Crippen LogP contribution is 2.42. The zero-order valence-electron chi connectivity index (χ0n) is 19.2. The van der Waals surface area contributed by atoms with E-state index in [-0.39, 0.29) is 11.0 Å². The van der Waals surface area contributed by atoms with E-state index in [1.807, 2.05) is 13.0 Å². The zero-order chi connectivity index (χ0) is 24.4. The third-order valence-corrected chi connectivity index (χ3v) is 6.28. The molecule has 1 aliphatic heterocycles. The summed E-state index contributed by atoms with van der Waals surface area (Å²) in [5.41, 5.74) is 1.77. The number of rotatable bonds is 3. The van der Waals surface area contributed by atoms with Crippen molar-refractivity contribution in [3.05, 3.63) is 70.3 Å². The van der Waals surface area contributed by atoms with Gasteiger partial charge in [-0.2, -0.15) is 0 Å². The number of aromatic amines is 1. The minimum absolute atomic E-state index is 0.0876. The molecule has 1 amide bonds. The maximum Gasteiger partial charge on any atom is 0.295 e. The second kappa shape index (κ2) is 7.48. The van der Waals surface area contributed by atoms with E-state index in [9.17, 15) is 19.2 Å². The molecule has 0 spiro atoms. The minimum atomic E-state index is -1.34. The first-order valence-corrected chi connectivity index (χ1v) is 10.9. The molecular formula is C26H23N3O5. The lowest BCUT2D eigenvalue weighted by Gasteiger charge is -2.29. The van der Waals surface area contributed by atoms with Crippen LogP contribution in [0.1, 0.15) is 37.9 Å². The first kappa shape index (κ1) is 21.8. The number of H-pyrrole nitrogens is 1. The van der Waals surface area contributed by atoms with Gasteiger partial charge in [0.2, 0.25) is 5.78 Å². The molecule has 34 heavy (non-hydrogen) atoms. The molecule has 1 N–H and O–H groups in total. The number of aryl methyl sites for hydroxylation is 1. The first-order chi connectivity index (χ1) is 16.1. The van der Waals surface area contributed by atoms with Gasteiger partial charge in [0, 0.05) is 11.1 Å². The molecule has 3 heterocycles. The number of hydrogen-bond donors (Lipinski definition) is 1. The lowest BCUT2D eigenvalue weighted by atomic mass is 9.77. The Labute approximate surface area is 194 Å². The summed E-state index contributed by atoms with van der Waals surface area (Å²) in [5, 5.41) is 0.329. The highest BCUT2D eigenvalue weighted by molar-refractivity contribution is 6.48. The molecule has 2 unspecified atom stereocenters. The molecule has 0 saturated carbocycles. The molecule has 8 nitrogen and oxygen atoms in total. The van der Waals surface area contributed by atoms with Crippen molar-refractivity contribution in [1.29, 1.82) is 0 Å². The number of ketones is 2. The summed E-state index contributed by atoms with van der Waals surface area (Å²) in [6.07, 6.45) is 2.79. The van der Waals surface area contributed by atoms with Crippen LogP contribution in [0.2, 0.25) is 0 Å². The first-order valence-electron chi connectivity index (χ1n) is 10.9. The SMILES string of the molecule is Cc1ccc2occ(C3C(C(=O)C(C)(C)C)C(=O)C(=O)N3c3ccc4nc[nH]c4c3)c(=O)c2c1. The van der Waals surface area contributed by atoms with Gasteiger partial charge in [-0.05, 0) is 37.3 Å². The van der Waals surface area contributed by atoms with E-state index in [1.54, 1.807) is 51.1 Å². The largest absolute Gasteiger partial charge is 0.464 e. The monoisotopic (exact) mass is 457 g/mol. The molecule has 2 atom stereocenters. The predicted octanol–water partition coefficient (Wildman–Crippen LogP) is 3.87. The number of imidazole rings is 1. The van der Waals surface area contributed by atoms with Crippen LogP contribution in [0.4, 0.5) is 5.69 Å². The van der Waals surface area contributed by atoms with Crippen LogP contribution in [0.15, 0.2) is 58.2 Å². The highest BCUT2D eigenvalue weighted by atomic mass is 16.3. The molecule has 1 fully saturated rings. The van der Waals surface area contributed by atoms with Crippen LogP contribution in [-0.4, -0.2) is 27.4 Å². The third-order valence-electron chi connectivity index (χ3n) is 6.28. The second-order valence-electron chi connectivity index (χ2n) is 9.70. The molecule has 1 saturated heterocycles. The average molecular weight is 457 g/mol. The highest BCUT2D eigenvalue weighted by Gasteiger charge is 2.55. The van der Waals surface area contributed by atoms with E-state index in [1.165, 1.54) is 17.5 Å². The predicted molar refractivity (Wildman–Crippen MR) is 127 cm³/mol. The number of fused-ring (bicyclic) bond motifs is 2. The van der Waals surface area contributed by atoms with Gasteiger partial charge in [-0.3, -0.25) is 24.1 Å². The van der Waals surface area contributed by atoms with Crippen molar-refractivity contribution in [2.24, 2.45) is 11.3 Å². The molecule has 0 bridgehead atoms. The molecule has 8 heteroatoms. The molecule has 5 rings (SSSR count). The zero-order valence-corrected chi connectivity index (χ0v) is 19.2. The minimum Gasteiger partial charge on any atom is -0.464 e. The number of nitrogens with one attached hydrogen (secondary N) is 1. The van der Waals surface area contributed by atoms with Gasteiger partial charge < -0.3 is 9.40 Å². The lowest BCUT2D eigenvalue weighted by molar-refractivity contribution is -0.141. The molecule has 4 aromatic rings. The quantitative estimate of drug-likeness (QED) is 0.369. The normalized spacial score (nSPS) is 18.9. The molecule has 0 aliphatic carbocycles. The molecule has 172 valence electrons. The van der Waals surface area contributed by atoms with Crippen LogP contribution >= 0.6 is 0 Å². The molecule has 2 aromatic heterocycles. The fourth-order valence-corrected chi connectivity index (χ4v) is 4.53. The topological polar surface area (TPSA) is 113 Å². The number of aromatic nitrogens is 2. The average Bonchev–Trinajstić information content (AvgIpc) is 3.35.